The molecular weight excluding hydrogens is 256 g/mol. The van der Waals surface area contributed by atoms with Crippen LogP contribution >= 0.6 is 0 Å². The van der Waals surface area contributed by atoms with Crippen LogP contribution in [0.4, 0.5) is 11.5 Å². The van der Waals surface area contributed by atoms with E-state index in [4.69, 9.17) is 5.73 Å². The maximum absolute atomic E-state index is 11.1. The highest BCUT2D eigenvalue weighted by Crippen LogP contribution is 2.20. The molecule has 0 bridgehead atoms. The van der Waals surface area contributed by atoms with E-state index in [1.54, 1.807) is 6.20 Å². The minimum absolute atomic E-state index is 0.150. The number of pyridine rings is 1. The van der Waals surface area contributed by atoms with Gasteiger partial charge in [-0.1, -0.05) is 0 Å². The lowest BCUT2D eigenvalue weighted by atomic mass is 10.2. The molecule has 1 fully saturated rings. The molecule has 2 heterocycles. The zero-order valence-electron chi connectivity index (χ0n) is 12.1. The first kappa shape index (κ1) is 14.6. The average Bonchev–Trinajstić information content (AvgIpc) is 2.45. The van der Waals surface area contributed by atoms with Gasteiger partial charge in [0.15, 0.2) is 0 Å². The fourth-order valence-electron chi connectivity index (χ4n) is 2.46. The first-order chi connectivity index (χ1) is 9.60. The molecule has 0 atom stereocenters. The van der Waals surface area contributed by atoms with Gasteiger partial charge in [-0.15, -0.1) is 0 Å². The van der Waals surface area contributed by atoms with Crippen LogP contribution in [0.2, 0.25) is 0 Å². The second kappa shape index (κ2) is 6.56. The Morgan fingerprint density at radius 1 is 1.40 bits per heavy atom. The molecule has 0 aliphatic carbocycles. The Morgan fingerprint density at radius 3 is 2.70 bits per heavy atom. The van der Waals surface area contributed by atoms with E-state index in [2.05, 4.69) is 19.5 Å². The maximum atomic E-state index is 11.1. The molecule has 0 unspecified atom stereocenters. The van der Waals surface area contributed by atoms with E-state index in [0.717, 1.165) is 44.1 Å². The molecule has 6 nitrogen and oxygen atoms in total. The Bertz CT molecular complexity index is 470. The number of rotatable bonds is 4. The number of anilines is 2. The molecule has 6 heteroatoms. The number of ether oxygens (including phenoxy) is 1. The van der Waals surface area contributed by atoms with Gasteiger partial charge in [0.2, 0.25) is 0 Å². The van der Waals surface area contributed by atoms with Gasteiger partial charge in [-0.2, -0.15) is 0 Å². The summed E-state index contributed by atoms with van der Waals surface area (Å²) in [5.74, 6) is 0.857. The van der Waals surface area contributed by atoms with Crippen molar-refractivity contribution in [2.45, 2.75) is 13.3 Å². The van der Waals surface area contributed by atoms with Crippen LogP contribution in [0.25, 0.3) is 0 Å². The molecule has 2 N–H and O–H groups in total. The number of aryl methyl sites for hydroxylation is 1. The quantitative estimate of drug-likeness (QED) is 0.816. The summed E-state index contributed by atoms with van der Waals surface area (Å²) < 4.78 is 4.66. The van der Waals surface area contributed by atoms with Crippen LogP contribution in [0.5, 0.6) is 0 Å². The molecule has 1 aliphatic rings. The smallest absolute Gasteiger partial charge is 0.306 e. The minimum Gasteiger partial charge on any atom is -0.469 e. The zero-order valence-corrected chi connectivity index (χ0v) is 12.1. The Hall–Kier alpha value is -1.82. The number of nitrogens with two attached hydrogens (primary N) is 1. The lowest BCUT2D eigenvalue weighted by molar-refractivity contribution is -0.141. The first-order valence-electron chi connectivity index (χ1n) is 6.86. The highest BCUT2D eigenvalue weighted by Gasteiger charge is 2.19. The van der Waals surface area contributed by atoms with Gasteiger partial charge in [-0.25, -0.2) is 4.98 Å². The summed E-state index contributed by atoms with van der Waals surface area (Å²) in [5.41, 5.74) is 7.53. The molecule has 2 rings (SSSR count). The number of carbonyl (C=O) groups is 1. The third-order valence-electron chi connectivity index (χ3n) is 3.60. The number of esters is 1. The van der Waals surface area contributed by atoms with Gasteiger partial charge in [-0.05, 0) is 18.6 Å². The molecule has 20 heavy (non-hydrogen) atoms. The standard InChI is InChI=1S/C14H22N4O2/c1-11-9-12(15)10-16-14(11)18-7-5-17(6-8-18)4-3-13(19)20-2/h9-10H,3-8,15H2,1-2H3. The minimum atomic E-state index is -0.150. The van der Waals surface area contributed by atoms with Gasteiger partial charge in [0.05, 0.1) is 25.4 Å². The van der Waals surface area contributed by atoms with Gasteiger partial charge in [-0.3, -0.25) is 9.69 Å². The Balaban J connectivity index is 1.86. The van der Waals surface area contributed by atoms with Crippen LogP contribution in [0.15, 0.2) is 12.3 Å². The first-order valence-corrected chi connectivity index (χ1v) is 6.86. The van der Waals surface area contributed by atoms with Crippen LogP contribution in [0.3, 0.4) is 0 Å². The van der Waals surface area contributed by atoms with Gasteiger partial charge in [0.1, 0.15) is 5.82 Å². The van der Waals surface area contributed by atoms with E-state index in [1.165, 1.54) is 7.11 Å². The normalized spacial score (nSPS) is 16.2. The van der Waals surface area contributed by atoms with Crippen molar-refractivity contribution in [2.75, 3.05) is 50.5 Å². The van der Waals surface area contributed by atoms with Crippen molar-refractivity contribution in [3.8, 4) is 0 Å². The molecule has 0 amide bonds. The molecule has 1 saturated heterocycles. The second-order valence-corrected chi connectivity index (χ2v) is 5.06. The number of carbonyl (C=O) groups excluding carboxylic acids is 1. The average molecular weight is 278 g/mol. The van der Waals surface area contributed by atoms with Gasteiger partial charge < -0.3 is 15.4 Å². The van der Waals surface area contributed by atoms with E-state index in [1.807, 2.05) is 13.0 Å². The van der Waals surface area contributed by atoms with Crippen LogP contribution in [0, 0.1) is 6.92 Å². The predicted molar refractivity (Wildman–Crippen MR) is 78.7 cm³/mol. The number of nitrogens with zero attached hydrogens (tertiary/aromatic N) is 3. The van der Waals surface area contributed by atoms with Gasteiger partial charge in [0.25, 0.3) is 0 Å². The van der Waals surface area contributed by atoms with Crippen molar-refractivity contribution >= 4 is 17.5 Å². The molecule has 1 aromatic rings. The molecule has 110 valence electrons. The summed E-state index contributed by atoms with van der Waals surface area (Å²) >= 11 is 0. The summed E-state index contributed by atoms with van der Waals surface area (Å²) in [6.45, 7) is 6.49. The van der Waals surface area contributed by atoms with E-state index in [0.29, 0.717) is 12.1 Å². The molecule has 1 aliphatic heterocycles. The summed E-state index contributed by atoms with van der Waals surface area (Å²) in [7, 11) is 1.43. The molecule has 0 radical (unpaired) electrons. The molecule has 0 saturated carbocycles. The van der Waals surface area contributed by atoms with Crippen molar-refractivity contribution in [3.63, 3.8) is 0 Å². The SMILES string of the molecule is COC(=O)CCN1CCN(c2ncc(N)cc2C)CC1. The van der Waals surface area contributed by atoms with Crippen LogP contribution in [-0.4, -0.2) is 55.7 Å². The van der Waals surface area contributed by atoms with Crippen molar-refractivity contribution in [2.24, 2.45) is 0 Å². The Kier molecular flexibility index (Phi) is 4.79. The third kappa shape index (κ3) is 3.60. The van der Waals surface area contributed by atoms with Crippen molar-refractivity contribution < 1.29 is 9.53 Å². The second-order valence-electron chi connectivity index (χ2n) is 5.06. The van der Waals surface area contributed by atoms with Crippen molar-refractivity contribution in [1.82, 2.24) is 9.88 Å². The maximum Gasteiger partial charge on any atom is 0.306 e. The topological polar surface area (TPSA) is 71.7 Å². The Morgan fingerprint density at radius 2 is 2.10 bits per heavy atom. The monoisotopic (exact) mass is 278 g/mol. The fourth-order valence-corrected chi connectivity index (χ4v) is 2.46. The third-order valence-corrected chi connectivity index (χ3v) is 3.60. The molecule has 0 spiro atoms. The summed E-state index contributed by atoms with van der Waals surface area (Å²) in [6, 6.07) is 1.95. The molecule has 0 aromatic carbocycles. The lowest BCUT2D eigenvalue weighted by Crippen LogP contribution is -2.47. The van der Waals surface area contributed by atoms with Crippen LogP contribution in [-0.2, 0) is 9.53 Å². The van der Waals surface area contributed by atoms with Gasteiger partial charge in [0, 0.05) is 32.7 Å². The highest BCUT2D eigenvalue weighted by atomic mass is 16.5. The zero-order chi connectivity index (χ0) is 14.5. The lowest BCUT2D eigenvalue weighted by Gasteiger charge is -2.35. The van der Waals surface area contributed by atoms with Crippen LogP contribution in [0.1, 0.15) is 12.0 Å². The predicted octanol–water partition coefficient (Wildman–Crippen LogP) is 0.657. The molecular formula is C14H22N4O2. The number of hydrogen-bond acceptors (Lipinski definition) is 6. The summed E-state index contributed by atoms with van der Waals surface area (Å²) in [6.07, 6.45) is 2.15. The Labute approximate surface area is 119 Å². The van der Waals surface area contributed by atoms with Crippen molar-refractivity contribution in [1.29, 1.82) is 0 Å². The van der Waals surface area contributed by atoms with E-state index >= 15 is 0 Å². The fraction of sp³-hybridized carbons (Fsp3) is 0.571. The summed E-state index contributed by atoms with van der Waals surface area (Å²) in [4.78, 5) is 20.1. The number of piperazine rings is 1. The highest BCUT2D eigenvalue weighted by molar-refractivity contribution is 5.69. The molecule has 1 aromatic heterocycles. The van der Waals surface area contributed by atoms with Crippen LogP contribution < -0.4 is 10.6 Å². The van der Waals surface area contributed by atoms with Crippen molar-refractivity contribution in [3.05, 3.63) is 17.8 Å². The number of hydrogen-bond donors (Lipinski definition) is 1. The number of nitrogen functional groups attached to an aromatic ring is 1. The largest absolute Gasteiger partial charge is 0.469 e. The van der Waals surface area contributed by atoms with E-state index < -0.39 is 0 Å². The summed E-state index contributed by atoms with van der Waals surface area (Å²) in [5, 5.41) is 0. The van der Waals surface area contributed by atoms with E-state index in [-0.39, 0.29) is 5.97 Å². The van der Waals surface area contributed by atoms with E-state index in [9.17, 15) is 4.79 Å². The van der Waals surface area contributed by atoms with Gasteiger partial charge >= 0.3 is 5.97 Å². The number of aromatic nitrogens is 1. The number of methoxy groups -OCH3 is 1.